The van der Waals surface area contributed by atoms with Crippen LogP contribution in [0.2, 0.25) is 0 Å². The standard InChI is InChI=1S/C17H32N4O2/c1-16(2,3)14-13(12-21(7)20-14)11-18-9-8-10-19-15(22)23-17(4,5)6/h12,18H,8-11H2,1-7H3,(H,19,22). The number of ether oxygens (including phenoxy) is 1. The van der Waals surface area contributed by atoms with Crippen LogP contribution in [-0.2, 0) is 23.7 Å². The molecule has 1 rings (SSSR count). The van der Waals surface area contributed by atoms with Crippen LogP contribution in [0.1, 0.15) is 59.2 Å². The SMILES string of the molecule is Cn1cc(CNCCCNC(=O)OC(C)(C)C)c(C(C)(C)C)n1. The number of carbonyl (C=O) groups is 1. The summed E-state index contributed by atoms with van der Waals surface area (Å²) < 4.78 is 7.05. The molecule has 0 saturated carbocycles. The van der Waals surface area contributed by atoms with Gasteiger partial charge < -0.3 is 15.4 Å². The molecule has 23 heavy (non-hydrogen) atoms. The molecule has 1 aromatic rings. The van der Waals surface area contributed by atoms with Crippen molar-refractivity contribution in [1.82, 2.24) is 20.4 Å². The zero-order valence-corrected chi connectivity index (χ0v) is 15.6. The number of carbonyl (C=O) groups excluding carboxylic acids is 1. The van der Waals surface area contributed by atoms with Crippen molar-refractivity contribution < 1.29 is 9.53 Å². The van der Waals surface area contributed by atoms with Crippen molar-refractivity contribution >= 4 is 6.09 Å². The van der Waals surface area contributed by atoms with Crippen LogP contribution in [0.4, 0.5) is 4.79 Å². The second-order valence-electron chi connectivity index (χ2n) is 7.89. The molecule has 0 aliphatic rings. The Morgan fingerprint density at radius 2 is 1.87 bits per heavy atom. The van der Waals surface area contributed by atoms with Gasteiger partial charge in [0.25, 0.3) is 0 Å². The minimum Gasteiger partial charge on any atom is -0.444 e. The van der Waals surface area contributed by atoms with E-state index in [0.717, 1.165) is 25.2 Å². The third-order valence-corrected chi connectivity index (χ3v) is 3.13. The first-order valence-electron chi connectivity index (χ1n) is 8.19. The number of amides is 1. The van der Waals surface area contributed by atoms with Gasteiger partial charge in [0.05, 0.1) is 5.69 Å². The predicted octanol–water partition coefficient (Wildman–Crippen LogP) is 2.72. The van der Waals surface area contributed by atoms with E-state index in [4.69, 9.17) is 4.74 Å². The second kappa shape index (κ2) is 7.81. The van der Waals surface area contributed by atoms with Crippen molar-refractivity contribution in [2.45, 2.75) is 65.5 Å². The fourth-order valence-electron chi connectivity index (χ4n) is 2.24. The van der Waals surface area contributed by atoms with E-state index in [1.54, 1.807) is 0 Å². The summed E-state index contributed by atoms with van der Waals surface area (Å²) in [5, 5.41) is 10.7. The molecule has 0 spiro atoms. The van der Waals surface area contributed by atoms with Gasteiger partial charge in [-0.1, -0.05) is 20.8 Å². The molecule has 0 fully saturated rings. The highest BCUT2D eigenvalue weighted by molar-refractivity contribution is 5.67. The van der Waals surface area contributed by atoms with E-state index in [1.165, 1.54) is 5.56 Å². The van der Waals surface area contributed by atoms with Gasteiger partial charge in [-0.3, -0.25) is 4.68 Å². The first-order valence-corrected chi connectivity index (χ1v) is 8.19. The van der Waals surface area contributed by atoms with E-state index in [-0.39, 0.29) is 11.5 Å². The number of hydrogen-bond donors (Lipinski definition) is 2. The molecule has 1 aromatic heterocycles. The number of aromatic nitrogens is 2. The van der Waals surface area contributed by atoms with Crippen LogP contribution in [-0.4, -0.2) is 34.6 Å². The molecule has 0 aliphatic heterocycles. The van der Waals surface area contributed by atoms with E-state index < -0.39 is 5.60 Å². The van der Waals surface area contributed by atoms with Gasteiger partial charge in [-0.05, 0) is 33.7 Å². The fraction of sp³-hybridized carbons (Fsp3) is 0.765. The zero-order chi connectivity index (χ0) is 17.7. The quantitative estimate of drug-likeness (QED) is 0.790. The zero-order valence-electron chi connectivity index (χ0n) is 15.6. The van der Waals surface area contributed by atoms with Gasteiger partial charge in [0, 0.05) is 37.3 Å². The summed E-state index contributed by atoms with van der Waals surface area (Å²) in [4.78, 5) is 11.5. The molecule has 1 amide bonds. The third kappa shape index (κ3) is 7.50. The highest BCUT2D eigenvalue weighted by atomic mass is 16.6. The van der Waals surface area contributed by atoms with E-state index >= 15 is 0 Å². The van der Waals surface area contributed by atoms with Crippen LogP contribution in [0, 0.1) is 0 Å². The lowest BCUT2D eigenvalue weighted by molar-refractivity contribution is 0.0527. The van der Waals surface area contributed by atoms with Crippen LogP contribution in [0.5, 0.6) is 0 Å². The van der Waals surface area contributed by atoms with E-state index in [0.29, 0.717) is 6.54 Å². The molecule has 132 valence electrons. The van der Waals surface area contributed by atoms with Gasteiger partial charge in [0.1, 0.15) is 5.60 Å². The first kappa shape index (κ1) is 19.5. The maximum absolute atomic E-state index is 11.5. The minimum atomic E-state index is -0.452. The van der Waals surface area contributed by atoms with Crippen molar-refractivity contribution in [3.63, 3.8) is 0 Å². The van der Waals surface area contributed by atoms with Crippen molar-refractivity contribution in [3.8, 4) is 0 Å². The number of aryl methyl sites for hydroxylation is 1. The van der Waals surface area contributed by atoms with E-state index in [1.807, 2.05) is 32.5 Å². The largest absolute Gasteiger partial charge is 0.444 e. The molecule has 0 aromatic carbocycles. The number of hydrogen-bond acceptors (Lipinski definition) is 4. The molecule has 0 radical (unpaired) electrons. The van der Waals surface area contributed by atoms with Gasteiger partial charge in [0.2, 0.25) is 0 Å². The highest BCUT2D eigenvalue weighted by Crippen LogP contribution is 2.23. The Hall–Kier alpha value is -1.56. The van der Waals surface area contributed by atoms with E-state index in [2.05, 4.69) is 42.7 Å². The Kier molecular flexibility index (Phi) is 6.62. The summed E-state index contributed by atoms with van der Waals surface area (Å²) >= 11 is 0. The summed E-state index contributed by atoms with van der Waals surface area (Å²) in [6.45, 7) is 14.3. The number of alkyl carbamates (subject to hydrolysis) is 1. The number of nitrogens with zero attached hydrogens (tertiary/aromatic N) is 2. The fourth-order valence-corrected chi connectivity index (χ4v) is 2.24. The molecule has 0 atom stereocenters. The summed E-state index contributed by atoms with van der Waals surface area (Å²) in [6.07, 6.45) is 2.55. The lowest BCUT2D eigenvalue weighted by Gasteiger charge is -2.19. The van der Waals surface area contributed by atoms with Crippen LogP contribution >= 0.6 is 0 Å². The molecule has 6 heteroatoms. The first-order chi connectivity index (χ1) is 10.5. The molecule has 0 aliphatic carbocycles. The molecule has 6 nitrogen and oxygen atoms in total. The van der Waals surface area contributed by atoms with Crippen LogP contribution < -0.4 is 10.6 Å². The van der Waals surface area contributed by atoms with Gasteiger partial charge in [-0.25, -0.2) is 4.79 Å². The molecule has 2 N–H and O–H groups in total. The van der Waals surface area contributed by atoms with Crippen LogP contribution in [0.15, 0.2) is 6.20 Å². The van der Waals surface area contributed by atoms with Gasteiger partial charge >= 0.3 is 6.09 Å². The minimum absolute atomic E-state index is 0.0382. The average Bonchev–Trinajstić information content (AvgIpc) is 2.72. The van der Waals surface area contributed by atoms with Crippen molar-refractivity contribution in [2.75, 3.05) is 13.1 Å². The van der Waals surface area contributed by atoms with Crippen molar-refractivity contribution in [2.24, 2.45) is 7.05 Å². The van der Waals surface area contributed by atoms with Crippen LogP contribution in [0.25, 0.3) is 0 Å². The third-order valence-electron chi connectivity index (χ3n) is 3.13. The van der Waals surface area contributed by atoms with Crippen LogP contribution in [0.3, 0.4) is 0 Å². The summed E-state index contributed by atoms with van der Waals surface area (Å²) in [5.41, 5.74) is 1.93. The smallest absolute Gasteiger partial charge is 0.407 e. The Morgan fingerprint density at radius 3 is 2.43 bits per heavy atom. The Bertz CT molecular complexity index is 510. The lowest BCUT2D eigenvalue weighted by Crippen LogP contribution is -2.33. The second-order valence-corrected chi connectivity index (χ2v) is 7.89. The Labute approximate surface area is 140 Å². The molecule has 0 unspecified atom stereocenters. The number of rotatable bonds is 6. The maximum atomic E-state index is 11.5. The van der Waals surface area contributed by atoms with Crippen molar-refractivity contribution in [3.05, 3.63) is 17.5 Å². The van der Waals surface area contributed by atoms with Gasteiger partial charge in [-0.15, -0.1) is 0 Å². The van der Waals surface area contributed by atoms with Gasteiger partial charge in [-0.2, -0.15) is 5.10 Å². The molecule has 0 bridgehead atoms. The lowest BCUT2D eigenvalue weighted by atomic mass is 9.89. The Balaban J connectivity index is 2.27. The van der Waals surface area contributed by atoms with Gasteiger partial charge in [0.15, 0.2) is 0 Å². The van der Waals surface area contributed by atoms with Crippen molar-refractivity contribution in [1.29, 1.82) is 0 Å². The molecule has 0 saturated heterocycles. The summed E-state index contributed by atoms with van der Waals surface area (Å²) in [7, 11) is 1.95. The summed E-state index contributed by atoms with van der Waals surface area (Å²) in [6, 6.07) is 0. The number of nitrogens with one attached hydrogen (secondary N) is 2. The monoisotopic (exact) mass is 324 g/mol. The molecular weight excluding hydrogens is 292 g/mol. The molecular formula is C17H32N4O2. The molecule has 1 heterocycles. The predicted molar refractivity (Wildman–Crippen MR) is 92.5 cm³/mol. The average molecular weight is 324 g/mol. The highest BCUT2D eigenvalue weighted by Gasteiger charge is 2.21. The topological polar surface area (TPSA) is 68.2 Å². The maximum Gasteiger partial charge on any atom is 0.407 e. The van der Waals surface area contributed by atoms with E-state index in [9.17, 15) is 4.79 Å². The normalized spacial score (nSPS) is 12.3. The Morgan fingerprint density at radius 1 is 1.22 bits per heavy atom. The summed E-state index contributed by atoms with van der Waals surface area (Å²) in [5.74, 6) is 0.